The Bertz CT molecular complexity index is 735. The van der Waals surface area contributed by atoms with E-state index in [9.17, 15) is 9.59 Å². The highest BCUT2D eigenvalue weighted by atomic mass is 79.9. The Morgan fingerprint density at radius 2 is 1.68 bits per heavy atom. The Hall–Kier alpha value is -1.94. The van der Waals surface area contributed by atoms with Gasteiger partial charge in [-0.15, -0.1) is 0 Å². The largest absolute Gasteiger partial charge is 0.454 e. The highest BCUT2D eigenvalue weighted by molar-refractivity contribution is 9.10. The minimum atomic E-state index is -0.501. The maximum atomic E-state index is 12.2. The van der Waals surface area contributed by atoms with Crippen molar-refractivity contribution < 1.29 is 14.3 Å². The Morgan fingerprint density at radius 1 is 1.00 bits per heavy atom. The van der Waals surface area contributed by atoms with Crippen molar-refractivity contribution in [1.82, 2.24) is 0 Å². The van der Waals surface area contributed by atoms with Gasteiger partial charge in [0.1, 0.15) is 0 Å². The number of rotatable bonds is 4. The lowest BCUT2D eigenvalue weighted by Gasteiger charge is -2.08. The SMILES string of the molecule is Cc1ccc(C)c(C(=O)COC(=O)c2ccc(C)c(Br)c2)c1. The number of ketones is 1. The lowest BCUT2D eigenvalue weighted by atomic mass is 10.0. The first-order chi connectivity index (χ1) is 10.4. The molecular weight excluding hydrogens is 344 g/mol. The zero-order chi connectivity index (χ0) is 16.3. The molecule has 0 saturated heterocycles. The average molecular weight is 361 g/mol. The fourth-order valence-corrected chi connectivity index (χ4v) is 2.43. The van der Waals surface area contributed by atoms with Crippen LogP contribution in [-0.2, 0) is 4.74 Å². The summed E-state index contributed by atoms with van der Waals surface area (Å²) in [6.07, 6.45) is 0. The molecule has 0 amide bonds. The third-order valence-corrected chi connectivity index (χ3v) is 4.29. The molecule has 2 rings (SSSR count). The topological polar surface area (TPSA) is 43.4 Å². The number of benzene rings is 2. The van der Waals surface area contributed by atoms with Gasteiger partial charge in [-0.2, -0.15) is 0 Å². The van der Waals surface area contributed by atoms with E-state index in [1.807, 2.05) is 45.0 Å². The highest BCUT2D eigenvalue weighted by Crippen LogP contribution is 2.18. The van der Waals surface area contributed by atoms with E-state index < -0.39 is 5.97 Å². The van der Waals surface area contributed by atoms with E-state index in [0.29, 0.717) is 11.1 Å². The van der Waals surface area contributed by atoms with Crippen molar-refractivity contribution in [3.05, 3.63) is 68.7 Å². The van der Waals surface area contributed by atoms with Gasteiger partial charge in [-0.25, -0.2) is 4.79 Å². The van der Waals surface area contributed by atoms with Crippen LogP contribution in [0.3, 0.4) is 0 Å². The first-order valence-corrected chi connectivity index (χ1v) is 7.71. The number of hydrogen-bond donors (Lipinski definition) is 0. The summed E-state index contributed by atoms with van der Waals surface area (Å²) in [7, 11) is 0. The predicted molar refractivity (Wildman–Crippen MR) is 89.4 cm³/mol. The van der Waals surface area contributed by atoms with E-state index in [-0.39, 0.29) is 12.4 Å². The standard InChI is InChI=1S/C18H17BrO3/c1-11-4-5-12(2)15(8-11)17(20)10-22-18(21)14-7-6-13(3)16(19)9-14/h4-9H,10H2,1-3H3. The molecule has 2 aromatic carbocycles. The van der Waals surface area contributed by atoms with Gasteiger partial charge in [0.05, 0.1) is 5.56 Å². The van der Waals surface area contributed by atoms with Gasteiger partial charge in [-0.05, 0) is 50.1 Å². The predicted octanol–water partition coefficient (Wildman–Crippen LogP) is 4.41. The van der Waals surface area contributed by atoms with Crippen LogP contribution in [0.4, 0.5) is 0 Å². The number of hydrogen-bond acceptors (Lipinski definition) is 3. The van der Waals surface area contributed by atoms with Crippen molar-refractivity contribution in [2.24, 2.45) is 0 Å². The van der Waals surface area contributed by atoms with Gasteiger partial charge in [0.25, 0.3) is 0 Å². The smallest absolute Gasteiger partial charge is 0.338 e. The summed E-state index contributed by atoms with van der Waals surface area (Å²) < 4.78 is 5.96. The fourth-order valence-electron chi connectivity index (χ4n) is 2.05. The Morgan fingerprint density at radius 3 is 2.36 bits per heavy atom. The lowest BCUT2D eigenvalue weighted by Crippen LogP contribution is -2.15. The van der Waals surface area contributed by atoms with Gasteiger partial charge in [0.15, 0.2) is 6.61 Å². The first kappa shape index (κ1) is 16.4. The molecule has 0 aromatic heterocycles. The van der Waals surface area contributed by atoms with Crippen molar-refractivity contribution in [1.29, 1.82) is 0 Å². The van der Waals surface area contributed by atoms with Crippen LogP contribution < -0.4 is 0 Å². The molecule has 4 heteroatoms. The Kier molecular flexibility index (Phi) is 5.14. The first-order valence-electron chi connectivity index (χ1n) is 6.92. The van der Waals surface area contributed by atoms with Crippen molar-refractivity contribution >= 4 is 27.7 Å². The Balaban J connectivity index is 2.05. The molecule has 0 aliphatic rings. The van der Waals surface area contributed by atoms with Crippen molar-refractivity contribution in [3.63, 3.8) is 0 Å². The van der Waals surface area contributed by atoms with Gasteiger partial charge in [0.2, 0.25) is 5.78 Å². The molecule has 2 aromatic rings. The summed E-state index contributed by atoms with van der Waals surface area (Å²) in [4.78, 5) is 24.2. The molecule has 114 valence electrons. The molecular formula is C18H17BrO3. The number of aryl methyl sites for hydroxylation is 3. The van der Waals surface area contributed by atoms with Crippen molar-refractivity contribution in [2.75, 3.05) is 6.61 Å². The van der Waals surface area contributed by atoms with Gasteiger partial charge < -0.3 is 4.74 Å². The molecule has 0 atom stereocenters. The molecule has 0 radical (unpaired) electrons. The summed E-state index contributed by atoms with van der Waals surface area (Å²) in [5.41, 5.74) is 3.93. The second kappa shape index (κ2) is 6.88. The second-order valence-corrected chi connectivity index (χ2v) is 6.14. The van der Waals surface area contributed by atoms with Gasteiger partial charge in [0, 0.05) is 10.0 Å². The molecule has 3 nitrogen and oxygen atoms in total. The molecule has 0 N–H and O–H groups in total. The molecule has 0 heterocycles. The van der Waals surface area contributed by atoms with Gasteiger partial charge in [-0.3, -0.25) is 4.79 Å². The minimum absolute atomic E-state index is 0.194. The van der Waals surface area contributed by atoms with Crippen LogP contribution in [0.15, 0.2) is 40.9 Å². The molecule has 0 bridgehead atoms. The quantitative estimate of drug-likeness (QED) is 0.598. The average Bonchev–Trinajstić information content (AvgIpc) is 2.49. The lowest BCUT2D eigenvalue weighted by molar-refractivity contribution is 0.0474. The third-order valence-electron chi connectivity index (χ3n) is 3.44. The number of ether oxygens (including phenoxy) is 1. The fraction of sp³-hybridized carbons (Fsp3) is 0.222. The van der Waals surface area contributed by atoms with E-state index in [2.05, 4.69) is 15.9 Å². The van der Waals surface area contributed by atoms with Crippen LogP contribution in [0.1, 0.15) is 37.4 Å². The van der Waals surface area contributed by atoms with Crippen LogP contribution in [-0.4, -0.2) is 18.4 Å². The van der Waals surface area contributed by atoms with E-state index in [4.69, 9.17) is 4.74 Å². The monoisotopic (exact) mass is 360 g/mol. The molecule has 0 fully saturated rings. The van der Waals surface area contributed by atoms with Crippen LogP contribution in [0, 0.1) is 20.8 Å². The number of carbonyl (C=O) groups excluding carboxylic acids is 2. The summed E-state index contributed by atoms with van der Waals surface area (Å²) in [6, 6.07) is 10.9. The highest BCUT2D eigenvalue weighted by Gasteiger charge is 2.14. The maximum absolute atomic E-state index is 12.2. The van der Waals surface area contributed by atoms with E-state index >= 15 is 0 Å². The van der Waals surface area contributed by atoms with Crippen molar-refractivity contribution in [3.8, 4) is 0 Å². The zero-order valence-corrected chi connectivity index (χ0v) is 14.4. The van der Waals surface area contributed by atoms with Crippen LogP contribution in [0.2, 0.25) is 0 Å². The summed E-state index contributed by atoms with van der Waals surface area (Å²) in [5, 5.41) is 0. The Labute approximate surface area is 138 Å². The third kappa shape index (κ3) is 3.83. The van der Waals surface area contributed by atoms with Crippen LogP contribution in [0.5, 0.6) is 0 Å². The summed E-state index contributed by atoms with van der Waals surface area (Å²) in [6.45, 7) is 5.47. The molecule has 0 unspecified atom stereocenters. The molecule has 0 saturated carbocycles. The second-order valence-electron chi connectivity index (χ2n) is 5.28. The van der Waals surface area contributed by atoms with E-state index in [1.165, 1.54) is 0 Å². The number of esters is 1. The van der Waals surface area contributed by atoms with E-state index in [1.54, 1.807) is 12.1 Å². The van der Waals surface area contributed by atoms with Crippen molar-refractivity contribution in [2.45, 2.75) is 20.8 Å². The number of carbonyl (C=O) groups is 2. The molecule has 0 spiro atoms. The number of halogens is 1. The summed E-state index contributed by atoms with van der Waals surface area (Å²) >= 11 is 3.37. The normalized spacial score (nSPS) is 10.4. The van der Waals surface area contributed by atoms with E-state index in [0.717, 1.165) is 21.2 Å². The van der Waals surface area contributed by atoms with Crippen LogP contribution in [0.25, 0.3) is 0 Å². The molecule has 0 aliphatic carbocycles. The number of Topliss-reactive ketones (excluding diaryl/α,β-unsaturated/α-hetero) is 1. The summed E-state index contributed by atoms with van der Waals surface area (Å²) in [5.74, 6) is -0.694. The maximum Gasteiger partial charge on any atom is 0.338 e. The van der Waals surface area contributed by atoms with Gasteiger partial charge in [-0.1, -0.05) is 39.7 Å². The molecule has 0 aliphatic heterocycles. The van der Waals surface area contributed by atoms with Crippen LogP contribution >= 0.6 is 15.9 Å². The zero-order valence-electron chi connectivity index (χ0n) is 12.8. The van der Waals surface area contributed by atoms with Gasteiger partial charge >= 0.3 is 5.97 Å². The minimum Gasteiger partial charge on any atom is -0.454 e. The molecule has 22 heavy (non-hydrogen) atoms.